The summed E-state index contributed by atoms with van der Waals surface area (Å²) in [6.45, 7) is 11.3. The van der Waals surface area contributed by atoms with E-state index in [9.17, 15) is 24.0 Å². The van der Waals surface area contributed by atoms with Gasteiger partial charge in [-0.25, -0.2) is 0 Å². The first-order valence-corrected chi connectivity index (χ1v) is 15.5. The number of amides is 5. The van der Waals surface area contributed by atoms with Gasteiger partial charge in [-0.15, -0.1) is 0 Å². The van der Waals surface area contributed by atoms with Gasteiger partial charge in [0.1, 0.15) is 23.7 Å². The summed E-state index contributed by atoms with van der Waals surface area (Å²) in [4.78, 5) is 70.2. The normalized spacial score (nSPS) is 23.6. The molecular formula is C31H52N8O5. The van der Waals surface area contributed by atoms with E-state index in [2.05, 4.69) is 31.6 Å². The number of guanidine groups is 1. The average molecular weight is 617 g/mol. The van der Waals surface area contributed by atoms with Gasteiger partial charge in [0.15, 0.2) is 5.96 Å². The van der Waals surface area contributed by atoms with Gasteiger partial charge in [-0.2, -0.15) is 0 Å². The minimum atomic E-state index is -1.32. The first-order chi connectivity index (χ1) is 20.9. The second kappa shape index (κ2) is 19.2. The summed E-state index contributed by atoms with van der Waals surface area (Å²) >= 11 is 0. The lowest BCUT2D eigenvalue weighted by atomic mass is 9.91. The molecule has 5 amide bonds. The molecule has 1 fully saturated rings. The smallest absolute Gasteiger partial charge is 0.247 e. The molecule has 0 aliphatic carbocycles. The topological polar surface area (TPSA) is 210 Å². The van der Waals surface area contributed by atoms with Crippen molar-refractivity contribution in [2.45, 2.75) is 104 Å². The molecule has 0 aromatic heterocycles. The van der Waals surface area contributed by atoms with Crippen molar-refractivity contribution in [3.63, 3.8) is 0 Å². The molecule has 1 heterocycles. The van der Waals surface area contributed by atoms with E-state index in [1.807, 2.05) is 19.9 Å². The molecule has 4 atom stereocenters. The molecule has 0 spiro atoms. The number of nitrogens with zero attached hydrogens (tertiary/aromatic N) is 1. The first kappa shape index (κ1) is 37.9. The Bertz CT molecular complexity index is 1120. The number of carbonyl (C=O) groups excluding carboxylic acids is 5. The largest absolute Gasteiger partial charge is 0.370 e. The van der Waals surface area contributed by atoms with Crippen LogP contribution in [-0.4, -0.2) is 66.2 Å². The monoisotopic (exact) mass is 616 g/mol. The minimum Gasteiger partial charge on any atom is -0.370 e. The maximum Gasteiger partial charge on any atom is 0.247 e. The number of hydrogen-bond acceptors (Lipinski definition) is 6. The third kappa shape index (κ3) is 12.2. The van der Waals surface area contributed by atoms with Crippen LogP contribution < -0.4 is 38.1 Å². The van der Waals surface area contributed by atoms with Crippen LogP contribution in [0, 0.1) is 5.92 Å². The average Bonchev–Trinajstić information content (AvgIpc) is 3.00. The van der Waals surface area contributed by atoms with E-state index in [4.69, 9.17) is 11.5 Å². The lowest BCUT2D eigenvalue weighted by molar-refractivity contribution is -0.137. The van der Waals surface area contributed by atoms with Gasteiger partial charge in [0.05, 0.1) is 0 Å². The van der Waals surface area contributed by atoms with Crippen molar-refractivity contribution in [1.29, 1.82) is 0 Å². The van der Waals surface area contributed by atoms with Crippen molar-refractivity contribution in [3.8, 4) is 0 Å². The Morgan fingerprint density at radius 1 is 0.977 bits per heavy atom. The molecule has 0 saturated carbocycles. The van der Waals surface area contributed by atoms with Crippen molar-refractivity contribution in [3.05, 3.63) is 35.9 Å². The fourth-order valence-corrected chi connectivity index (χ4v) is 4.47. The fourth-order valence-electron chi connectivity index (χ4n) is 4.47. The van der Waals surface area contributed by atoms with Crippen molar-refractivity contribution in [1.82, 2.24) is 26.6 Å². The molecule has 9 N–H and O–H groups in total. The van der Waals surface area contributed by atoms with Gasteiger partial charge in [-0.05, 0) is 51.0 Å². The Morgan fingerprint density at radius 3 is 2.20 bits per heavy atom. The van der Waals surface area contributed by atoms with Crippen LogP contribution in [0.4, 0.5) is 0 Å². The molecule has 1 aromatic carbocycles. The van der Waals surface area contributed by atoms with Crippen LogP contribution in [0.2, 0.25) is 0 Å². The maximum atomic E-state index is 13.6. The van der Waals surface area contributed by atoms with Crippen LogP contribution in [0.1, 0.15) is 91.7 Å². The van der Waals surface area contributed by atoms with Crippen molar-refractivity contribution < 1.29 is 24.0 Å². The van der Waals surface area contributed by atoms with E-state index >= 15 is 0 Å². The summed E-state index contributed by atoms with van der Waals surface area (Å²) in [5.74, 6) is -2.82. The van der Waals surface area contributed by atoms with Crippen LogP contribution in [0.3, 0.4) is 0 Å². The summed E-state index contributed by atoms with van der Waals surface area (Å²) in [5, 5.41) is 14.0. The van der Waals surface area contributed by atoms with Gasteiger partial charge in [-0.3, -0.25) is 29.0 Å². The highest BCUT2D eigenvalue weighted by Crippen LogP contribution is 2.18. The van der Waals surface area contributed by atoms with Gasteiger partial charge in [0.2, 0.25) is 29.5 Å². The number of nitrogens with two attached hydrogens (primary N) is 2. The van der Waals surface area contributed by atoms with Gasteiger partial charge in [-0.1, -0.05) is 65.0 Å². The summed E-state index contributed by atoms with van der Waals surface area (Å²) in [6, 6.07) is 5.86. The summed E-state index contributed by atoms with van der Waals surface area (Å²) in [5.41, 5.74) is 10.1. The molecule has 13 nitrogen and oxygen atoms in total. The summed E-state index contributed by atoms with van der Waals surface area (Å²) in [6.07, 6.45) is 2.05. The number of hydrogen-bond donors (Lipinski definition) is 7. The van der Waals surface area contributed by atoms with Crippen LogP contribution in [0.25, 0.3) is 0 Å². The van der Waals surface area contributed by atoms with Crippen LogP contribution in [0.15, 0.2) is 35.3 Å². The molecule has 1 aromatic rings. The molecular weight excluding hydrogens is 564 g/mol. The predicted octanol–water partition coefficient (Wildman–Crippen LogP) is 1.13. The molecule has 0 radical (unpaired) electrons. The molecule has 246 valence electrons. The highest BCUT2D eigenvalue weighted by Gasteiger charge is 2.38. The van der Waals surface area contributed by atoms with E-state index in [1.54, 1.807) is 52.0 Å². The SMILES string of the molecule is CC.CC[C@@H]1NC(=O)[C@H](CCCN=C(N)N)NC(=O)[C@](C)(NC(=O)C(C)C)CCCCNC(=O)[C@@H](c2ccccc2)NC1=O. The van der Waals surface area contributed by atoms with Gasteiger partial charge in [0, 0.05) is 19.0 Å². The Balaban J connectivity index is 0.00000474. The molecule has 1 saturated heterocycles. The molecule has 1 aliphatic rings. The zero-order valence-corrected chi connectivity index (χ0v) is 27.0. The van der Waals surface area contributed by atoms with Crippen molar-refractivity contribution >= 4 is 35.5 Å². The van der Waals surface area contributed by atoms with Gasteiger partial charge in [0.25, 0.3) is 0 Å². The quantitative estimate of drug-likeness (QED) is 0.128. The second-order valence-corrected chi connectivity index (χ2v) is 11.0. The Hall–Kier alpha value is -4.16. The molecule has 1 aliphatic heterocycles. The minimum absolute atomic E-state index is 0.0924. The molecule has 0 bridgehead atoms. The molecule has 44 heavy (non-hydrogen) atoms. The molecule has 13 heteroatoms. The van der Waals surface area contributed by atoms with Crippen molar-refractivity contribution in [2.75, 3.05) is 13.1 Å². The van der Waals surface area contributed by atoms with Crippen LogP contribution >= 0.6 is 0 Å². The fraction of sp³-hybridized carbons (Fsp3) is 0.613. The summed E-state index contributed by atoms with van der Waals surface area (Å²) in [7, 11) is 0. The van der Waals surface area contributed by atoms with Crippen molar-refractivity contribution in [2.24, 2.45) is 22.4 Å². The van der Waals surface area contributed by atoms with Crippen LogP contribution in [-0.2, 0) is 24.0 Å². The van der Waals surface area contributed by atoms with E-state index in [-0.39, 0.29) is 43.6 Å². The first-order valence-electron chi connectivity index (χ1n) is 15.5. The van der Waals surface area contributed by atoms with Gasteiger partial charge >= 0.3 is 0 Å². The zero-order valence-electron chi connectivity index (χ0n) is 27.0. The number of nitrogens with one attached hydrogen (secondary N) is 5. The third-order valence-corrected chi connectivity index (χ3v) is 7.12. The second-order valence-electron chi connectivity index (χ2n) is 11.0. The number of carbonyl (C=O) groups is 5. The predicted molar refractivity (Wildman–Crippen MR) is 171 cm³/mol. The number of rotatable bonds is 8. The van der Waals surface area contributed by atoms with E-state index in [0.717, 1.165) is 0 Å². The summed E-state index contributed by atoms with van der Waals surface area (Å²) < 4.78 is 0. The molecule has 2 rings (SSSR count). The highest BCUT2D eigenvalue weighted by molar-refractivity contribution is 5.97. The Kier molecular flexibility index (Phi) is 16.5. The zero-order chi connectivity index (χ0) is 33.3. The van der Waals surface area contributed by atoms with Crippen LogP contribution in [0.5, 0.6) is 0 Å². The maximum absolute atomic E-state index is 13.6. The van der Waals surface area contributed by atoms with E-state index < -0.39 is 47.3 Å². The standard InChI is InChI=1S/C29H46N8O5.C2H6/c1-5-20-24(39)36-22(19-12-7-6-8-13-19)26(41)32-16-10-9-15-29(4,37-23(38)18(2)3)27(42)35-21(25(40)34-20)14-11-17-33-28(30)31;1-2/h6-8,12-13,18,20-22H,5,9-11,14-17H2,1-4H3,(H,32,41)(H,34,40)(H,35,42)(H,36,39)(H,37,38)(H4,30,31,33);1-2H3/t20-,21-,22+,29+;/m0./s1. The Labute approximate surface area is 261 Å². The lowest BCUT2D eigenvalue weighted by Gasteiger charge is -2.33. The molecule has 0 unspecified atom stereocenters. The Morgan fingerprint density at radius 2 is 1.61 bits per heavy atom. The van der Waals surface area contributed by atoms with E-state index in [0.29, 0.717) is 31.4 Å². The number of aliphatic imine (C=N–C) groups is 1. The third-order valence-electron chi connectivity index (χ3n) is 7.12. The highest BCUT2D eigenvalue weighted by atomic mass is 16.2. The lowest BCUT2D eigenvalue weighted by Crippen LogP contribution is -2.62. The van der Waals surface area contributed by atoms with E-state index in [1.165, 1.54) is 0 Å². The van der Waals surface area contributed by atoms with Gasteiger partial charge < -0.3 is 38.1 Å². The number of benzene rings is 1.